The summed E-state index contributed by atoms with van der Waals surface area (Å²) in [5.41, 5.74) is 0. The van der Waals surface area contributed by atoms with Gasteiger partial charge in [0, 0.05) is 6.42 Å². The molecule has 0 aliphatic heterocycles. The predicted molar refractivity (Wildman–Crippen MR) is 193 cm³/mol. The average molecular weight is 624 g/mol. The molecule has 0 aliphatic rings. The van der Waals surface area contributed by atoms with E-state index in [4.69, 9.17) is 0 Å². The maximum absolute atomic E-state index is 12.1. The van der Waals surface area contributed by atoms with Crippen molar-refractivity contribution in [1.82, 2.24) is 5.32 Å². The molecule has 0 heterocycles. The molecule has 0 aliphatic carbocycles. The molecule has 0 bridgehead atoms. The minimum Gasteiger partial charge on any atom is -0.394 e. The fourth-order valence-corrected chi connectivity index (χ4v) is 6.48. The first kappa shape index (κ1) is 43.4. The second-order valence-corrected chi connectivity index (χ2v) is 14.1. The Morgan fingerprint density at radius 1 is 0.455 bits per heavy atom. The summed E-state index contributed by atoms with van der Waals surface area (Å²) in [5.74, 6) is -0.0418. The van der Waals surface area contributed by atoms with Crippen LogP contribution in [0.2, 0.25) is 0 Å². The average Bonchev–Trinajstić information content (AvgIpc) is 3.03. The Labute approximate surface area is 276 Å². The van der Waals surface area contributed by atoms with Gasteiger partial charge in [-0.15, -0.1) is 0 Å². The van der Waals surface area contributed by atoms with E-state index in [1.807, 2.05) is 0 Å². The summed E-state index contributed by atoms with van der Waals surface area (Å²) < 4.78 is 0. The second kappa shape index (κ2) is 36.9. The van der Waals surface area contributed by atoms with Crippen LogP contribution in [0.25, 0.3) is 0 Å². The van der Waals surface area contributed by atoms with E-state index in [-0.39, 0.29) is 12.5 Å². The lowest BCUT2D eigenvalue weighted by molar-refractivity contribution is -0.123. The fourth-order valence-electron chi connectivity index (χ4n) is 6.48. The Bertz CT molecular complexity index is 555. The monoisotopic (exact) mass is 624 g/mol. The minimum absolute atomic E-state index is 0.0418. The summed E-state index contributed by atoms with van der Waals surface area (Å²) >= 11 is 0. The van der Waals surface area contributed by atoms with Crippen LogP contribution in [0.15, 0.2) is 0 Å². The van der Waals surface area contributed by atoms with Gasteiger partial charge in [-0.05, 0) is 12.8 Å². The standard InChI is InChI=1S/C40H81NO3/c1-3-5-7-9-10-11-12-13-14-15-16-17-18-19-20-21-22-23-24-25-26-27-28-29-30-32-33-35-39(43)38(37-42)41-40(44)36-34-31-8-6-4-2/h38-39,42-43H,3-37H2,1-2H3,(H,41,44). The summed E-state index contributed by atoms with van der Waals surface area (Å²) in [6, 6.07) is -0.526. The van der Waals surface area contributed by atoms with Crippen molar-refractivity contribution in [2.45, 2.75) is 244 Å². The molecule has 0 spiro atoms. The molecular formula is C40H81NO3. The second-order valence-electron chi connectivity index (χ2n) is 14.1. The highest BCUT2D eigenvalue weighted by Crippen LogP contribution is 2.17. The molecule has 0 fully saturated rings. The van der Waals surface area contributed by atoms with E-state index in [0.717, 1.165) is 25.7 Å². The molecule has 3 N–H and O–H groups in total. The van der Waals surface area contributed by atoms with E-state index in [0.29, 0.717) is 12.8 Å². The van der Waals surface area contributed by atoms with Gasteiger partial charge in [-0.1, -0.05) is 213 Å². The lowest BCUT2D eigenvalue weighted by Gasteiger charge is -2.22. The molecule has 0 radical (unpaired) electrons. The molecule has 0 saturated heterocycles. The van der Waals surface area contributed by atoms with Crippen LogP contribution in [0.3, 0.4) is 0 Å². The first-order chi connectivity index (χ1) is 21.7. The smallest absolute Gasteiger partial charge is 0.220 e. The zero-order valence-corrected chi connectivity index (χ0v) is 30.2. The SMILES string of the molecule is CCCCCCCCCCCCCCCCCCCCCCCCCCCCCC(O)C(CO)NC(=O)CCCCCCC. The van der Waals surface area contributed by atoms with E-state index in [2.05, 4.69) is 19.2 Å². The Kier molecular flexibility index (Phi) is 36.3. The van der Waals surface area contributed by atoms with Crippen molar-refractivity contribution < 1.29 is 15.0 Å². The van der Waals surface area contributed by atoms with Crippen LogP contribution in [0, 0.1) is 0 Å². The van der Waals surface area contributed by atoms with Gasteiger partial charge in [0.2, 0.25) is 5.91 Å². The normalized spacial score (nSPS) is 12.9. The van der Waals surface area contributed by atoms with Gasteiger partial charge in [-0.2, -0.15) is 0 Å². The van der Waals surface area contributed by atoms with Crippen LogP contribution in [-0.4, -0.2) is 34.9 Å². The first-order valence-corrected chi connectivity index (χ1v) is 20.2. The number of aliphatic hydroxyl groups is 2. The topological polar surface area (TPSA) is 69.6 Å². The molecule has 0 saturated carbocycles. The molecule has 0 aromatic heterocycles. The first-order valence-electron chi connectivity index (χ1n) is 20.2. The number of rotatable bonds is 37. The van der Waals surface area contributed by atoms with Crippen LogP contribution >= 0.6 is 0 Å². The molecular weight excluding hydrogens is 542 g/mol. The zero-order chi connectivity index (χ0) is 32.2. The molecule has 2 unspecified atom stereocenters. The van der Waals surface area contributed by atoms with Gasteiger partial charge in [0.05, 0.1) is 18.8 Å². The molecule has 4 heteroatoms. The van der Waals surface area contributed by atoms with Gasteiger partial charge in [-0.25, -0.2) is 0 Å². The van der Waals surface area contributed by atoms with Gasteiger partial charge in [0.25, 0.3) is 0 Å². The third kappa shape index (κ3) is 32.8. The number of hydrogen-bond acceptors (Lipinski definition) is 3. The summed E-state index contributed by atoms with van der Waals surface area (Å²) in [6.45, 7) is 4.29. The summed E-state index contributed by atoms with van der Waals surface area (Å²) in [7, 11) is 0. The van der Waals surface area contributed by atoms with Crippen LogP contribution in [0.4, 0.5) is 0 Å². The van der Waals surface area contributed by atoms with Crippen molar-refractivity contribution in [3.63, 3.8) is 0 Å². The van der Waals surface area contributed by atoms with Crippen LogP contribution in [-0.2, 0) is 4.79 Å². The van der Waals surface area contributed by atoms with E-state index < -0.39 is 12.1 Å². The molecule has 44 heavy (non-hydrogen) atoms. The van der Waals surface area contributed by atoms with Crippen molar-refractivity contribution in [2.75, 3.05) is 6.61 Å². The molecule has 1 amide bonds. The Morgan fingerprint density at radius 2 is 0.727 bits per heavy atom. The molecule has 4 nitrogen and oxygen atoms in total. The maximum Gasteiger partial charge on any atom is 0.220 e. The number of hydrogen-bond donors (Lipinski definition) is 3. The van der Waals surface area contributed by atoms with Gasteiger partial charge in [0.1, 0.15) is 0 Å². The number of amides is 1. The largest absolute Gasteiger partial charge is 0.394 e. The Hall–Kier alpha value is -0.610. The maximum atomic E-state index is 12.1. The minimum atomic E-state index is -0.650. The summed E-state index contributed by atoms with van der Waals surface area (Å²) in [5, 5.41) is 22.9. The number of aliphatic hydroxyl groups excluding tert-OH is 2. The quantitative estimate of drug-likeness (QED) is 0.0603. The third-order valence-corrected chi connectivity index (χ3v) is 9.62. The number of carbonyl (C=O) groups is 1. The Balaban J connectivity index is 3.32. The predicted octanol–water partition coefficient (Wildman–Crippen LogP) is 12.1. The lowest BCUT2D eigenvalue weighted by atomic mass is 10.0. The van der Waals surface area contributed by atoms with Crippen molar-refractivity contribution in [1.29, 1.82) is 0 Å². The van der Waals surface area contributed by atoms with Crippen LogP contribution < -0.4 is 5.32 Å². The van der Waals surface area contributed by atoms with Crippen molar-refractivity contribution >= 4 is 5.91 Å². The van der Waals surface area contributed by atoms with Gasteiger partial charge in [0.15, 0.2) is 0 Å². The highest BCUT2D eigenvalue weighted by atomic mass is 16.3. The van der Waals surface area contributed by atoms with Crippen molar-refractivity contribution in [3.8, 4) is 0 Å². The Morgan fingerprint density at radius 3 is 1.02 bits per heavy atom. The van der Waals surface area contributed by atoms with Crippen molar-refractivity contribution in [2.24, 2.45) is 0 Å². The number of unbranched alkanes of at least 4 members (excludes halogenated alkanes) is 30. The van der Waals surface area contributed by atoms with Gasteiger partial charge in [-0.3, -0.25) is 4.79 Å². The molecule has 0 aromatic carbocycles. The van der Waals surface area contributed by atoms with Gasteiger partial charge < -0.3 is 15.5 Å². The van der Waals surface area contributed by atoms with E-state index >= 15 is 0 Å². The van der Waals surface area contributed by atoms with E-state index in [9.17, 15) is 15.0 Å². The van der Waals surface area contributed by atoms with E-state index in [1.54, 1.807) is 0 Å². The van der Waals surface area contributed by atoms with Crippen LogP contribution in [0.5, 0.6) is 0 Å². The molecule has 0 aromatic rings. The molecule has 264 valence electrons. The summed E-state index contributed by atoms with van der Waals surface area (Å²) in [6.07, 6.45) is 43.6. The fraction of sp³-hybridized carbons (Fsp3) is 0.975. The molecule has 2 atom stereocenters. The number of nitrogens with one attached hydrogen (secondary N) is 1. The molecule has 0 rings (SSSR count). The highest BCUT2D eigenvalue weighted by Gasteiger charge is 2.19. The number of carbonyl (C=O) groups excluding carboxylic acids is 1. The van der Waals surface area contributed by atoms with E-state index in [1.165, 1.54) is 180 Å². The summed E-state index contributed by atoms with van der Waals surface area (Å²) in [4.78, 5) is 12.1. The third-order valence-electron chi connectivity index (χ3n) is 9.62. The lowest BCUT2D eigenvalue weighted by Crippen LogP contribution is -2.45. The van der Waals surface area contributed by atoms with Crippen molar-refractivity contribution in [3.05, 3.63) is 0 Å². The van der Waals surface area contributed by atoms with Gasteiger partial charge >= 0.3 is 0 Å². The van der Waals surface area contributed by atoms with Crippen LogP contribution in [0.1, 0.15) is 232 Å². The zero-order valence-electron chi connectivity index (χ0n) is 30.2. The highest BCUT2D eigenvalue weighted by molar-refractivity contribution is 5.76.